The summed E-state index contributed by atoms with van der Waals surface area (Å²) in [5.41, 5.74) is 4.21. The molecule has 4 aromatic rings. The van der Waals surface area contributed by atoms with Crippen LogP contribution < -0.4 is 15.0 Å². The monoisotopic (exact) mass is 455 g/mol. The first-order valence-electron chi connectivity index (χ1n) is 11.8. The lowest BCUT2D eigenvalue weighted by atomic mass is 9.96. The van der Waals surface area contributed by atoms with E-state index in [1.165, 1.54) is 10.9 Å². The maximum absolute atomic E-state index is 12.7. The highest BCUT2D eigenvalue weighted by Crippen LogP contribution is 2.25. The number of para-hydroxylation sites is 1. The molecule has 1 saturated heterocycles. The molecule has 34 heavy (non-hydrogen) atoms. The number of amides is 1. The lowest BCUT2D eigenvalue weighted by Gasteiger charge is -2.31. The summed E-state index contributed by atoms with van der Waals surface area (Å²) in [6, 6.07) is 20.1. The van der Waals surface area contributed by atoms with Crippen LogP contribution in [0.25, 0.3) is 22.2 Å². The van der Waals surface area contributed by atoms with Gasteiger partial charge in [0.1, 0.15) is 5.75 Å². The van der Waals surface area contributed by atoms with Crippen molar-refractivity contribution in [1.29, 1.82) is 0 Å². The maximum Gasteiger partial charge on any atom is 0.223 e. The van der Waals surface area contributed by atoms with E-state index in [2.05, 4.69) is 37.5 Å². The molecular formula is C27H29N5O2. The molecule has 1 amide bonds. The molecule has 1 fully saturated rings. The first kappa shape index (κ1) is 21.9. The molecule has 1 aliphatic heterocycles. The number of rotatable bonds is 7. The van der Waals surface area contributed by atoms with Crippen molar-refractivity contribution in [2.24, 2.45) is 5.92 Å². The Morgan fingerprint density at radius 2 is 1.85 bits per heavy atom. The van der Waals surface area contributed by atoms with Gasteiger partial charge in [-0.15, -0.1) is 10.2 Å². The standard InChI is InChI=1S/C27H29N5O2/c1-34-22-8-6-19(7-9-22)24-10-11-26(31-30-24)32-16-13-20(14-17-32)27(33)28-15-12-21-18-29-25-5-3-2-4-23(21)25/h2-11,18,20,29H,12-17H2,1H3,(H,28,33). The Hall–Kier alpha value is -3.87. The van der Waals surface area contributed by atoms with E-state index < -0.39 is 0 Å². The van der Waals surface area contributed by atoms with E-state index in [4.69, 9.17) is 4.74 Å². The first-order chi connectivity index (χ1) is 16.7. The van der Waals surface area contributed by atoms with Gasteiger partial charge >= 0.3 is 0 Å². The van der Waals surface area contributed by atoms with Gasteiger partial charge in [0, 0.05) is 48.2 Å². The molecule has 5 rings (SSSR count). The van der Waals surface area contributed by atoms with Crippen molar-refractivity contribution >= 4 is 22.6 Å². The van der Waals surface area contributed by atoms with Crippen molar-refractivity contribution in [2.45, 2.75) is 19.3 Å². The number of H-pyrrole nitrogens is 1. The number of fused-ring (bicyclic) bond motifs is 1. The summed E-state index contributed by atoms with van der Waals surface area (Å²) >= 11 is 0. The van der Waals surface area contributed by atoms with Gasteiger partial charge in [0.15, 0.2) is 5.82 Å². The van der Waals surface area contributed by atoms with Crippen molar-refractivity contribution in [3.05, 3.63) is 72.4 Å². The number of aromatic amines is 1. The predicted molar refractivity (Wildman–Crippen MR) is 134 cm³/mol. The number of hydrogen-bond acceptors (Lipinski definition) is 5. The fourth-order valence-electron chi connectivity index (χ4n) is 4.58. The van der Waals surface area contributed by atoms with Crippen LogP contribution in [0.5, 0.6) is 5.75 Å². The number of carbonyl (C=O) groups excluding carboxylic acids is 1. The molecule has 0 bridgehead atoms. The van der Waals surface area contributed by atoms with Crippen LogP contribution in [0.4, 0.5) is 5.82 Å². The molecule has 2 aromatic carbocycles. The first-order valence-corrected chi connectivity index (χ1v) is 11.8. The SMILES string of the molecule is COc1ccc(-c2ccc(N3CCC(C(=O)NCCc4c[nH]c5ccccc45)CC3)nn2)cc1. The molecule has 0 saturated carbocycles. The second-order valence-corrected chi connectivity index (χ2v) is 8.67. The number of benzene rings is 2. The Morgan fingerprint density at radius 3 is 2.59 bits per heavy atom. The van der Waals surface area contributed by atoms with Crippen LogP contribution in [0.15, 0.2) is 66.9 Å². The summed E-state index contributed by atoms with van der Waals surface area (Å²) in [7, 11) is 1.65. The van der Waals surface area contributed by atoms with Crippen LogP contribution in [-0.4, -0.2) is 47.8 Å². The average molecular weight is 456 g/mol. The van der Waals surface area contributed by atoms with Gasteiger partial charge in [-0.05, 0) is 67.3 Å². The van der Waals surface area contributed by atoms with E-state index in [1.807, 2.05) is 54.7 Å². The summed E-state index contributed by atoms with van der Waals surface area (Å²) < 4.78 is 5.21. The molecule has 0 spiro atoms. The fraction of sp³-hybridized carbons (Fsp3) is 0.296. The van der Waals surface area contributed by atoms with Gasteiger partial charge in [-0.2, -0.15) is 0 Å². The summed E-state index contributed by atoms with van der Waals surface area (Å²) in [6.07, 6.45) is 4.50. The smallest absolute Gasteiger partial charge is 0.223 e. The Kier molecular flexibility index (Phi) is 6.42. The molecule has 3 heterocycles. The number of piperidine rings is 1. The highest BCUT2D eigenvalue weighted by Gasteiger charge is 2.25. The Bertz CT molecular complexity index is 1240. The molecule has 7 heteroatoms. The van der Waals surface area contributed by atoms with Crippen LogP contribution in [0, 0.1) is 5.92 Å². The van der Waals surface area contributed by atoms with Crippen molar-refractivity contribution < 1.29 is 9.53 Å². The van der Waals surface area contributed by atoms with E-state index in [0.29, 0.717) is 6.54 Å². The number of nitrogens with one attached hydrogen (secondary N) is 2. The zero-order valence-electron chi connectivity index (χ0n) is 19.3. The summed E-state index contributed by atoms with van der Waals surface area (Å²) in [6.45, 7) is 2.26. The predicted octanol–water partition coefficient (Wildman–Crippen LogP) is 4.21. The average Bonchev–Trinajstić information content (AvgIpc) is 3.32. The summed E-state index contributed by atoms with van der Waals surface area (Å²) in [5.74, 6) is 1.87. The summed E-state index contributed by atoms with van der Waals surface area (Å²) in [5, 5.41) is 13.2. The molecule has 1 aliphatic rings. The van der Waals surface area contributed by atoms with E-state index in [-0.39, 0.29) is 11.8 Å². The van der Waals surface area contributed by atoms with Gasteiger partial charge in [-0.25, -0.2) is 0 Å². The number of nitrogens with zero attached hydrogens (tertiary/aromatic N) is 3. The highest BCUT2D eigenvalue weighted by molar-refractivity contribution is 5.83. The number of carbonyl (C=O) groups is 1. The van der Waals surface area contributed by atoms with Gasteiger partial charge in [-0.1, -0.05) is 18.2 Å². The largest absolute Gasteiger partial charge is 0.497 e. The van der Waals surface area contributed by atoms with Gasteiger partial charge < -0.3 is 19.9 Å². The van der Waals surface area contributed by atoms with Crippen molar-refractivity contribution in [3.8, 4) is 17.0 Å². The Balaban J connectivity index is 1.10. The van der Waals surface area contributed by atoms with Crippen molar-refractivity contribution in [2.75, 3.05) is 31.6 Å². The normalized spacial score (nSPS) is 14.3. The topological polar surface area (TPSA) is 83.1 Å². The van der Waals surface area contributed by atoms with E-state index >= 15 is 0 Å². The minimum absolute atomic E-state index is 0.0470. The molecule has 2 aromatic heterocycles. The highest BCUT2D eigenvalue weighted by atomic mass is 16.5. The maximum atomic E-state index is 12.7. The molecule has 0 atom stereocenters. The minimum atomic E-state index is 0.0470. The number of ether oxygens (including phenoxy) is 1. The molecule has 0 radical (unpaired) electrons. The summed E-state index contributed by atoms with van der Waals surface area (Å²) in [4.78, 5) is 18.2. The van der Waals surface area contributed by atoms with Crippen molar-refractivity contribution in [3.63, 3.8) is 0 Å². The molecule has 0 unspecified atom stereocenters. The van der Waals surface area contributed by atoms with Crippen LogP contribution in [0.3, 0.4) is 0 Å². The van der Waals surface area contributed by atoms with Gasteiger partial charge in [-0.3, -0.25) is 4.79 Å². The third kappa shape index (κ3) is 4.73. The zero-order chi connectivity index (χ0) is 23.3. The quantitative estimate of drug-likeness (QED) is 0.436. The minimum Gasteiger partial charge on any atom is -0.497 e. The lowest BCUT2D eigenvalue weighted by molar-refractivity contribution is -0.125. The van der Waals surface area contributed by atoms with Crippen LogP contribution in [-0.2, 0) is 11.2 Å². The van der Waals surface area contributed by atoms with E-state index in [0.717, 1.165) is 60.7 Å². The third-order valence-electron chi connectivity index (χ3n) is 6.59. The van der Waals surface area contributed by atoms with Crippen molar-refractivity contribution in [1.82, 2.24) is 20.5 Å². The van der Waals surface area contributed by atoms with Gasteiger partial charge in [0.05, 0.1) is 12.8 Å². The second-order valence-electron chi connectivity index (χ2n) is 8.67. The van der Waals surface area contributed by atoms with Gasteiger partial charge in [0.2, 0.25) is 5.91 Å². The Morgan fingerprint density at radius 1 is 1.06 bits per heavy atom. The molecule has 0 aliphatic carbocycles. The second kappa shape index (κ2) is 9.95. The molecule has 7 nitrogen and oxygen atoms in total. The van der Waals surface area contributed by atoms with Gasteiger partial charge in [0.25, 0.3) is 0 Å². The fourth-order valence-corrected chi connectivity index (χ4v) is 4.58. The number of methoxy groups -OCH3 is 1. The van der Waals surface area contributed by atoms with Crippen LogP contribution >= 0.6 is 0 Å². The zero-order valence-corrected chi connectivity index (χ0v) is 19.3. The lowest BCUT2D eigenvalue weighted by Crippen LogP contribution is -2.41. The molecular weight excluding hydrogens is 426 g/mol. The third-order valence-corrected chi connectivity index (χ3v) is 6.59. The van der Waals surface area contributed by atoms with Crippen LogP contribution in [0.2, 0.25) is 0 Å². The molecule has 174 valence electrons. The van der Waals surface area contributed by atoms with E-state index in [9.17, 15) is 4.79 Å². The number of aromatic nitrogens is 3. The number of anilines is 1. The van der Waals surface area contributed by atoms with E-state index in [1.54, 1.807) is 7.11 Å². The Labute approximate surface area is 199 Å². The molecule has 2 N–H and O–H groups in total. The van der Waals surface area contributed by atoms with Crippen LogP contribution in [0.1, 0.15) is 18.4 Å². The number of hydrogen-bond donors (Lipinski definition) is 2.